The monoisotopic (exact) mass is 257 g/mol. The van der Waals surface area contributed by atoms with Gasteiger partial charge in [0.2, 0.25) is 11.8 Å². The van der Waals surface area contributed by atoms with Gasteiger partial charge in [0.15, 0.2) is 0 Å². The molecule has 0 bridgehead atoms. The average molecular weight is 257 g/mol. The molecule has 0 spiro atoms. The van der Waals surface area contributed by atoms with Crippen LogP contribution >= 0.6 is 0 Å². The van der Waals surface area contributed by atoms with E-state index in [1.54, 1.807) is 0 Å². The molecular formula is C15H19N3O. The number of nitrogens with zero attached hydrogens (tertiary/aromatic N) is 3. The lowest BCUT2D eigenvalue weighted by Crippen LogP contribution is -2.22. The van der Waals surface area contributed by atoms with Crippen LogP contribution in [-0.2, 0) is 6.54 Å². The predicted octanol–water partition coefficient (Wildman–Crippen LogP) is 3.02. The third-order valence-corrected chi connectivity index (χ3v) is 3.73. The molecule has 2 heterocycles. The van der Waals surface area contributed by atoms with E-state index in [1.165, 1.54) is 24.0 Å². The highest BCUT2D eigenvalue weighted by atomic mass is 16.4. The molecule has 0 aliphatic carbocycles. The van der Waals surface area contributed by atoms with Gasteiger partial charge in [-0.05, 0) is 31.9 Å². The van der Waals surface area contributed by atoms with E-state index in [4.69, 9.17) is 4.42 Å². The molecule has 19 heavy (non-hydrogen) atoms. The van der Waals surface area contributed by atoms with Gasteiger partial charge < -0.3 is 4.42 Å². The largest absolute Gasteiger partial charge is 0.424 e. The van der Waals surface area contributed by atoms with E-state index in [0.717, 1.165) is 19.0 Å². The fraction of sp³-hybridized carbons (Fsp3) is 0.467. The van der Waals surface area contributed by atoms with Crippen molar-refractivity contribution in [2.24, 2.45) is 0 Å². The SMILES string of the molecule is Cc1ccc(C2CCCN2Cc2nnc(C)o2)cc1. The number of aromatic nitrogens is 2. The van der Waals surface area contributed by atoms with Crippen LogP contribution in [0, 0.1) is 13.8 Å². The van der Waals surface area contributed by atoms with Gasteiger partial charge >= 0.3 is 0 Å². The molecule has 0 N–H and O–H groups in total. The predicted molar refractivity (Wildman–Crippen MR) is 72.6 cm³/mol. The van der Waals surface area contributed by atoms with Gasteiger partial charge in [-0.2, -0.15) is 0 Å². The Morgan fingerprint density at radius 2 is 2.00 bits per heavy atom. The first-order chi connectivity index (χ1) is 9.22. The quantitative estimate of drug-likeness (QED) is 0.847. The molecular weight excluding hydrogens is 238 g/mol. The van der Waals surface area contributed by atoms with E-state index in [-0.39, 0.29) is 0 Å². The molecule has 100 valence electrons. The van der Waals surface area contributed by atoms with Gasteiger partial charge in [0.05, 0.1) is 6.54 Å². The van der Waals surface area contributed by atoms with Crippen LogP contribution in [0.3, 0.4) is 0 Å². The highest BCUT2D eigenvalue weighted by molar-refractivity contribution is 5.24. The molecule has 1 atom stereocenters. The first-order valence-corrected chi connectivity index (χ1v) is 6.82. The number of aryl methyl sites for hydroxylation is 2. The zero-order chi connectivity index (χ0) is 13.2. The fourth-order valence-electron chi connectivity index (χ4n) is 2.76. The third kappa shape index (κ3) is 2.68. The van der Waals surface area contributed by atoms with Crippen LogP contribution in [0.1, 0.15) is 41.8 Å². The molecule has 0 amide bonds. The zero-order valence-corrected chi connectivity index (χ0v) is 11.5. The second-order valence-corrected chi connectivity index (χ2v) is 5.25. The molecule has 1 aromatic heterocycles. The second-order valence-electron chi connectivity index (χ2n) is 5.25. The van der Waals surface area contributed by atoms with E-state index in [9.17, 15) is 0 Å². The summed E-state index contributed by atoms with van der Waals surface area (Å²) in [5.74, 6) is 1.36. The van der Waals surface area contributed by atoms with E-state index in [1.807, 2.05) is 6.92 Å². The van der Waals surface area contributed by atoms with Crippen molar-refractivity contribution in [2.75, 3.05) is 6.54 Å². The Morgan fingerprint density at radius 1 is 1.21 bits per heavy atom. The topological polar surface area (TPSA) is 42.2 Å². The Kier molecular flexibility index (Phi) is 3.34. The Balaban J connectivity index is 1.76. The van der Waals surface area contributed by atoms with Gasteiger partial charge in [-0.1, -0.05) is 29.8 Å². The molecule has 1 aromatic carbocycles. The van der Waals surface area contributed by atoms with Crippen molar-refractivity contribution in [3.63, 3.8) is 0 Å². The average Bonchev–Trinajstić information content (AvgIpc) is 3.00. The van der Waals surface area contributed by atoms with Crippen molar-refractivity contribution < 1.29 is 4.42 Å². The van der Waals surface area contributed by atoms with Gasteiger partial charge in [-0.3, -0.25) is 4.90 Å². The van der Waals surface area contributed by atoms with Crippen molar-refractivity contribution in [1.82, 2.24) is 15.1 Å². The summed E-state index contributed by atoms with van der Waals surface area (Å²) in [6.45, 7) is 5.80. The molecule has 0 saturated carbocycles. The van der Waals surface area contributed by atoms with E-state index >= 15 is 0 Å². The van der Waals surface area contributed by atoms with E-state index < -0.39 is 0 Å². The maximum atomic E-state index is 5.48. The van der Waals surface area contributed by atoms with Crippen LogP contribution in [-0.4, -0.2) is 21.6 Å². The van der Waals surface area contributed by atoms with E-state index in [0.29, 0.717) is 11.9 Å². The third-order valence-electron chi connectivity index (χ3n) is 3.73. The van der Waals surface area contributed by atoms with Gasteiger partial charge in [-0.25, -0.2) is 0 Å². The molecule has 0 radical (unpaired) electrons. The summed E-state index contributed by atoms with van der Waals surface area (Å²) in [5, 5.41) is 7.99. The summed E-state index contributed by atoms with van der Waals surface area (Å²) < 4.78 is 5.48. The Bertz CT molecular complexity index is 547. The smallest absolute Gasteiger partial charge is 0.230 e. The van der Waals surface area contributed by atoms with Crippen molar-refractivity contribution >= 4 is 0 Å². The maximum Gasteiger partial charge on any atom is 0.230 e. The molecule has 2 aromatic rings. The first-order valence-electron chi connectivity index (χ1n) is 6.82. The first kappa shape index (κ1) is 12.4. The number of hydrogen-bond acceptors (Lipinski definition) is 4. The maximum absolute atomic E-state index is 5.48. The molecule has 1 unspecified atom stereocenters. The lowest BCUT2D eigenvalue weighted by atomic mass is 10.0. The van der Waals surface area contributed by atoms with Crippen LogP contribution in [0.5, 0.6) is 0 Å². The zero-order valence-electron chi connectivity index (χ0n) is 11.5. The molecule has 1 saturated heterocycles. The molecule has 1 fully saturated rings. The van der Waals surface area contributed by atoms with Crippen molar-refractivity contribution in [2.45, 2.75) is 39.3 Å². The standard InChI is InChI=1S/C15H19N3O/c1-11-5-7-13(8-6-11)14-4-3-9-18(14)10-15-17-16-12(2)19-15/h5-8,14H,3-4,9-10H2,1-2H3. The summed E-state index contributed by atoms with van der Waals surface area (Å²) in [7, 11) is 0. The summed E-state index contributed by atoms with van der Waals surface area (Å²) in [4.78, 5) is 2.43. The lowest BCUT2D eigenvalue weighted by Gasteiger charge is -2.23. The number of benzene rings is 1. The molecule has 1 aliphatic rings. The number of rotatable bonds is 3. The van der Waals surface area contributed by atoms with Gasteiger partial charge in [0.1, 0.15) is 0 Å². The highest BCUT2D eigenvalue weighted by Crippen LogP contribution is 2.32. The number of hydrogen-bond donors (Lipinski definition) is 0. The summed E-state index contributed by atoms with van der Waals surface area (Å²) in [5.41, 5.74) is 2.69. The second kappa shape index (κ2) is 5.13. The minimum atomic E-state index is 0.479. The van der Waals surface area contributed by atoms with Crippen LogP contribution in [0.25, 0.3) is 0 Å². The Labute approximate surface area is 113 Å². The normalized spacial score (nSPS) is 20.0. The van der Waals surface area contributed by atoms with Crippen LogP contribution in [0.2, 0.25) is 0 Å². The Morgan fingerprint density at radius 3 is 2.68 bits per heavy atom. The van der Waals surface area contributed by atoms with Crippen LogP contribution in [0.4, 0.5) is 0 Å². The molecule has 1 aliphatic heterocycles. The summed E-state index contributed by atoms with van der Waals surface area (Å²) in [6, 6.07) is 9.31. The molecule has 4 nitrogen and oxygen atoms in total. The van der Waals surface area contributed by atoms with Crippen molar-refractivity contribution in [1.29, 1.82) is 0 Å². The van der Waals surface area contributed by atoms with Gasteiger partial charge in [0, 0.05) is 13.0 Å². The fourth-order valence-corrected chi connectivity index (χ4v) is 2.76. The highest BCUT2D eigenvalue weighted by Gasteiger charge is 2.27. The van der Waals surface area contributed by atoms with Crippen LogP contribution < -0.4 is 0 Å². The lowest BCUT2D eigenvalue weighted by molar-refractivity contribution is 0.222. The Hall–Kier alpha value is -1.68. The minimum absolute atomic E-state index is 0.479. The summed E-state index contributed by atoms with van der Waals surface area (Å²) >= 11 is 0. The minimum Gasteiger partial charge on any atom is -0.424 e. The molecule has 4 heteroatoms. The number of likely N-dealkylation sites (tertiary alicyclic amines) is 1. The van der Waals surface area contributed by atoms with Crippen LogP contribution in [0.15, 0.2) is 28.7 Å². The van der Waals surface area contributed by atoms with Crippen molar-refractivity contribution in [3.8, 4) is 0 Å². The van der Waals surface area contributed by atoms with Crippen molar-refractivity contribution in [3.05, 3.63) is 47.2 Å². The van der Waals surface area contributed by atoms with E-state index in [2.05, 4.69) is 46.3 Å². The van der Waals surface area contributed by atoms with Gasteiger partial charge in [-0.15, -0.1) is 10.2 Å². The van der Waals surface area contributed by atoms with Gasteiger partial charge in [0.25, 0.3) is 0 Å². The summed E-state index contributed by atoms with van der Waals surface area (Å²) in [6.07, 6.45) is 2.43. The molecule has 3 rings (SSSR count).